The van der Waals surface area contributed by atoms with Gasteiger partial charge in [-0.25, -0.2) is 0 Å². The van der Waals surface area contributed by atoms with E-state index in [9.17, 15) is 0 Å². The van der Waals surface area contributed by atoms with Crippen molar-refractivity contribution >= 4 is 23.5 Å². The quantitative estimate of drug-likeness (QED) is 0.223. The molecule has 0 aromatic heterocycles. The van der Waals surface area contributed by atoms with Crippen LogP contribution < -0.4 is 0 Å². The molecule has 0 amide bonds. The summed E-state index contributed by atoms with van der Waals surface area (Å²) < 4.78 is 0. The molecule has 1 heterocycles. The van der Waals surface area contributed by atoms with Crippen molar-refractivity contribution < 1.29 is 0 Å². The lowest BCUT2D eigenvalue weighted by Gasteiger charge is -2.47. The Kier molecular flexibility index (Phi) is 11.9. The number of rotatable bonds is 12. The van der Waals surface area contributed by atoms with Gasteiger partial charge in [0.1, 0.15) is 0 Å². The second-order valence-corrected chi connectivity index (χ2v) is 17.8. The highest BCUT2D eigenvalue weighted by Gasteiger charge is 2.46. The Bertz CT molecular complexity index is 635. The van der Waals surface area contributed by atoms with E-state index < -0.39 is 0 Å². The van der Waals surface area contributed by atoms with Gasteiger partial charge in [0, 0.05) is 15.7 Å². The number of hydrogen-bond donors (Lipinski definition) is 0. The smallest absolute Gasteiger partial charge is 0.00813 e. The first-order chi connectivity index (χ1) is 18.2. The van der Waals surface area contributed by atoms with Crippen LogP contribution in [-0.4, -0.2) is 21.5 Å². The van der Waals surface area contributed by atoms with E-state index in [2.05, 4.69) is 37.4 Å². The van der Waals surface area contributed by atoms with Gasteiger partial charge in [0.05, 0.1) is 0 Å². The van der Waals surface area contributed by atoms with Gasteiger partial charge in [-0.2, -0.15) is 23.5 Å². The summed E-state index contributed by atoms with van der Waals surface area (Å²) in [7, 11) is 0. The van der Waals surface area contributed by atoms with Crippen molar-refractivity contribution in [3.63, 3.8) is 0 Å². The molecule has 8 atom stereocenters. The van der Waals surface area contributed by atoms with Gasteiger partial charge in [-0.05, 0) is 118 Å². The van der Waals surface area contributed by atoms with Crippen LogP contribution in [0.3, 0.4) is 0 Å². The molecular formula is C35H62S2. The van der Waals surface area contributed by atoms with E-state index in [4.69, 9.17) is 0 Å². The molecule has 5 aliphatic rings. The van der Waals surface area contributed by atoms with Crippen molar-refractivity contribution in [2.24, 2.45) is 41.4 Å². The van der Waals surface area contributed by atoms with Crippen LogP contribution in [0.15, 0.2) is 0 Å². The Morgan fingerprint density at radius 2 is 1.35 bits per heavy atom. The van der Waals surface area contributed by atoms with Crippen LogP contribution in [0.25, 0.3) is 0 Å². The summed E-state index contributed by atoms with van der Waals surface area (Å²) in [5.74, 6) is 8.94. The second-order valence-electron chi connectivity index (χ2n) is 14.7. The first-order valence-electron chi connectivity index (χ1n) is 17.4. The monoisotopic (exact) mass is 546 g/mol. The Labute approximate surface area is 240 Å². The first-order valence-corrected chi connectivity index (χ1v) is 19.4. The van der Waals surface area contributed by atoms with E-state index >= 15 is 0 Å². The lowest BCUT2D eigenvalue weighted by Crippen LogP contribution is -2.39. The van der Waals surface area contributed by atoms with E-state index in [0.717, 1.165) is 57.2 Å². The van der Waals surface area contributed by atoms with E-state index in [1.54, 1.807) is 57.8 Å². The fraction of sp³-hybridized carbons (Fsp3) is 1.00. The van der Waals surface area contributed by atoms with Gasteiger partial charge in [0.2, 0.25) is 0 Å². The van der Waals surface area contributed by atoms with Gasteiger partial charge >= 0.3 is 0 Å². The lowest BCUT2D eigenvalue weighted by molar-refractivity contribution is 0.0541. The molecule has 5 fully saturated rings. The third kappa shape index (κ3) is 8.60. The summed E-state index contributed by atoms with van der Waals surface area (Å²) in [4.78, 5) is 0. The highest BCUT2D eigenvalue weighted by atomic mass is 32.2. The molecular weight excluding hydrogens is 485 g/mol. The third-order valence-corrected chi connectivity index (χ3v) is 15.2. The first kappa shape index (κ1) is 29.2. The SMILES string of the molecule is CCC1CC2CC3CC(CCC4CCCCC4)SC3CC2CC1CCCSC(C)CCC1CCCCC1. The van der Waals surface area contributed by atoms with E-state index in [-0.39, 0.29) is 0 Å². The molecule has 2 heteroatoms. The Morgan fingerprint density at radius 1 is 0.676 bits per heavy atom. The Morgan fingerprint density at radius 3 is 2.08 bits per heavy atom. The fourth-order valence-corrected chi connectivity index (χ4v) is 12.8. The molecule has 0 aromatic rings. The van der Waals surface area contributed by atoms with Gasteiger partial charge in [0.15, 0.2) is 0 Å². The highest BCUT2D eigenvalue weighted by molar-refractivity contribution is 8.00. The van der Waals surface area contributed by atoms with Crippen LogP contribution in [0.2, 0.25) is 0 Å². The van der Waals surface area contributed by atoms with Crippen molar-refractivity contribution in [1.82, 2.24) is 0 Å². The van der Waals surface area contributed by atoms with E-state index in [1.165, 1.54) is 89.2 Å². The zero-order valence-electron chi connectivity index (χ0n) is 24.9. The van der Waals surface area contributed by atoms with Crippen LogP contribution in [0.1, 0.15) is 155 Å². The average Bonchev–Trinajstić information content (AvgIpc) is 3.34. The Balaban J connectivity index is 1.00. The van der Waals surface area contributed by atoms with Crippen molar-refractivity contribution in [3.05, 3.63) is 0 Å². The molecule has 37 heavy (non-hydrogen) atoms. The van der Waals surface area contributed by atoms with Gasteiger partial charge in [-0.15, -0.1) is 0 Å². The van der Waals surface area contributed by atoms with Crippen LogP contribution >= 0.6 is 23.5 Å². The number of fused-ring (bicyclic) bond motifs is 2. The normalized spacial score (nSPS) is 38.3. The molecule has 5 rings (SSSR count). The van der Waals surface area contributed by atoms with Crippen molar-refractivity contribution in [1.29, 1.82) is 0 Å². The van der Waals surface area contributed by atoms with Crippen LogP contribution in [-0.2, 0) is 0 Å². The maximum absolute atomic E-state index is 2.52. The molecule has 0 N–H and O–H groups in total. The molecule has 0 nitrogen and oxygen atoms in total. The van der Waals surface area contributed by atoms with E-state index in [1.807, 2.05) is 0 Å². The van der Waals surface area contributed by atoms with Crippen LogP contribution in [0.4, 0.5) is 0 Å². The average molecular weight is 547 g/mol. The van der Waals surface area contributed by atoms with Crippen molar-refractivity contribution in [3.8, 4) is 0 Å². The summed E-state index contributed by atoms with van der Waals surface area (Å²) >= 11 is 4.79. The summed E-state index contributed by atoms with van der Waals surface area (Å²) in [6, 6.07) is 0. The topological polar surface area (TPSA) is 0 Å². The third-order valence-electron chi connectivity index (χ3n) is 12.1. The minimum Gasteiger partial charge on any atom is -0.159 e. The molecule has 0 radical (unpaired) electrons. The van der Waals surface area contributed by atoms with Gasteiger partial charge < -0.3 is 0 Å². The zero-order chi connectivity index (χ0) is 25.5. The van der Waals surface area contributed by atoms with Gasteiger partial charge in [0.25, 0.3) is 0 Å². The molecule has 0 spiro atoms. The molecule has 0 bridgehead atoms. The molecule has 4 aliphatic carbocycles. The summed E-state index contributed by atoms with van der Waals surface area (Å²) in [6.07, 6.45) is 33.8. The number of thioether (sulfide) groups is 2. The molecule has 214 valence electrons. The largest absolute Gasteiger partial charge is 0.159 e. The summed E-state index contributed by atoms with van der Waals surface area (Å²) in [6.45, 7) is 5.03. The minimum absolute atomic E-state index is 0.889. The molecule has 8 unspecified atom stereocenters. The van der Waals surface area contributed by atoms with Crippen LogP contribution in [0.5, 0.6) is 0 Å². The standard InChI is InChI=1S/C35H62S2/c1-3-29-21-31-23-33-24-34(19-18-28-13-8-5-9-14-28)37-35(33)25-32(31)22-30(29)15-10-20-36-26(2)16-17-27-11-6-4-7-12-27/h26-35H,3-25H2,1-2H3. The Hall–Kier alpha value is 0.700. The predicted octanol–water partition coefficient (Wildman–Crippen LogP) is 11.6. The zero-order valence-corrected chi connectivity index (χ0v) is 26.5. The number of hydrogen-bond acceptors (Lipinski definition) is 2. The maximum atomic E-state index is 2.52. The molecule has 0 aromatic carbocycles. The summed E-state index contributed by atoms with van der Waals surface area (Å²) in [5, 5.41) is 2.95. The molecule has 1 saturated heterocycles. The van der Waals surface area contributed by atoms with Crippen LogP contribution in [0, 0.1) is 41.4 Å². The molecule has 4 saturated carbocycles. The maximum Gasteiger partial charge on any atom is 0.00813 e. The van der Waals surface area contributed by atoms with Crippen molar-refractivity contribution in [2.45, 2.75) is 171 Å². The van der Waals surface area contributed by atoms with Gasteiger partial charge in [-0.1, -0.05) is 84.5 Å². The summed E-state index contributed by atoms with van der Waals surface area (Å²) in [5.41, 5.74) is 0. The van der Waals surface area contributed by atoms with Gasteiger partial charge in [-0.3, -0.25) is 0 Å². The second kappa shape index (κ2) is 15.1. The van der Waals surface area contributed by atoms with E-state index in [0.29, 0.717) is 0 Å². The highest BCUT2D eigenvalue weighted by Crippen LogP contribution is 2.56. The molecule has 1 aliphatic heterocycles. The van der Waals surface area contributed by atoms with Crippen molar-refractivity contribution in [2.75, 3.05) is 5.75 Å². The lowest BCUT2D eigenvalue weighted by atomic mass is 9.59. The fourth-order valence-electron chi connectivity index (χ4n) is 9.81. The minimum atomic E-state index is 0.889. The predicted molar refractivity (Wildman–Crippen MR) is 169 cm³/mol.